The molecule has 0 spiro atoms. The summed E-state index contributed by atoms with van der Waals surface area (Å²) in [6.07, 6.45) is 2.47. The summed E-state index contributed by atoms with van der Waals surface area (Å²) in [6.45, 7) is 2.74. The maximum Gasteiger partial charge on any atom is 0.321 e. The number of anilines is 1. The topological polar surface area (TPSA) is 82.2 Å². The highest BCUT2D eigenvalue weighted by Crippen LogP contribution is 2.26. The normalized spacial score (nSPS) is 17.8. The number of carbonyl (C=O) groups excluding carboxylic acids is 3. The summed E-state index contributed by atoms with van der Waals surface area (Å²) < 4.78 is 4.99. The number of hydrogen-bond acceptors (Lipinski definition) is 5. The fraction of sp³-hybridized carbons (Fsp3) is 0.550. The van der Waals surface area contributed by atoms with Crippen molar-refractivity contribution in [1.82, 2.24) is 14.7 Å². The predicted octanol–water partition coefficient (Wildman–Crippen LogP) is 1.88. The zero-order valence-electron chi connectivity index (χ0n) is 16.7. The molecule has 2 heterocycles. The Bertz CT molecular complexity index is 759. The fourth-order valence-corrected chi connectivity index (χ4v) is 3.70. The second-order valence-electron chi connectivity index (χ2n) is 7.44. The molecule has 152 valence electrons. The highest BCUT2D eigenvalue weighted by molar-refractivity contribution is 6.21. The summed E-state index contributed by atoms with van der Waals surface area (Å²) in [5, 5.41) is 2.85. The number of likely N-dealkylation sites (tertiary alicyclic amines) is 1. The molecule has 1 saturated heterocycles. The zero-order valence-corrected chi connectivity index (χ0v) is 16.7. The van der Waals surface area contributed by atoms with Crippen LogP contribution >= 0.6 is 0 Å². The maximum atomic E-state index is 12.6. The van der Waals surface area contributed by atoms with Gasteiger partial charge in [0.25, 0.3) is 11.8 Å². The first kappa shape index (κ1) is 20.3. The van der Waals surface area contributed by atoms with Crippen LogP contribution in [-0.2, 0) is 4.74 Å². The molecule has 1 fully saturated rings. The largest absolute Gasteiger partial charge is 0.385 e. The summed E-state index contributed by atoms with van der Waals surface area (Å²) in [6, 6.07) is 4.86. The second kappa shape index (κ2) is 8.70. The molecule has 8 nitrogen and oxygen atoms in total. The number of urea groups is 1. The van der Waals surface area contributed by atoms with Crippen molar-refractivity contribution in [2.75, 3.05) is 52.8 Å². The van der Waals surface area contributed by atoms with Gasteiger partial charge in [-0.2, -0.15) is 0 Å². The van der Waals surface area contributed by atoms with E-state index in [2.05, 4.69) is 17.3 Å². The van der Waals surface area contributed by atoms with Crippen LogP contribution in [0.2, 0.25) is 0 Å². The number of carbonyl (C=O) groups is 3. The van der Waals surface area contributed by atoms with E-state index in [0.717, 1.165) is 25.9 Å². The number of ether oxygens (including phenoxy) is 1. The SMILES string of the molecule is COCCCN1C(=O)c2ccc(NC(=O)N(C)C3CCN(C)CC3)cc2C1=O. The maximum absolute atomic E-state index is 12.6. The summed E-state index contributed by atoms with van der Waals surface area (Å²) >= 11 is 0. The molecule has 0 aliphatic carbocycles. The monoisotopic (exact) mass is 388 g/mol. The Kier molecular flexibility index (Phi) is 6.31. The van der Waals surface area contributed by atoms with Crippen molar-refractivity contribution >= 4 is 23.5 Å². The molecule has 8 heteroatoms. The van der Waals surface area contributed by atoms with Crippen LogP contribution in [0.25, 0.3) is 0 Å². The van der Waals surface area contributed by atoms with Crippen LogP contribution in [0.15, 0.2) is 18.2 Å². The van der Waals surface area contributed by atoms with Crippen LogP contribution in [0.3, 0.4) is 0 Å². The van der Waals surface area contributed by atoms with E-state index in [-0.39, 0.29) is 23.9 Å². The van der Waals surface area contributed by atoms with E-state index in [1.54, 1.807) is 37.3 Å². The minimum absolute atomic E-state index is 0.199. The number of amides is 4. The molecule has 4 amide bonds. The molecule has 2 aliphatic rings. The van der Waals surface area contributed by atoms with Crippen LogP contribution in [0.5, 0.6) is 0 Å². The van der Waals surface area contributed by atoms with Crippen LogP contribution in [0, 0.1) is 0 Å². The van der Waals surface area contributed by atoms with Crippen molar-refractivity contribution in [3.63, 3.8) is 0 Å². The lowest BCUT2D eigenvalue weighted by atomic mass is 10.0. The van der Waals surface area contributed by atoms with Crippen molar-refractivity contribution in [2.45, 2.75) is 25.3 Å². The molecule has 1 aromatic carbocycles. The van der Waals surface area contributed by atoms with Gasteiger partial charge in [0.05, 0.1) is 11.1 Å². The van der Waals surface area contributed by atoms with Crippen LogP contribution in [0.1, 0.15) is 40.0 Å². The van der Waals surface area contributed by atoms with Gasteiger partial charge in [-0.25, -0.2) is 4.79 Å². The standard InChI is InChI=1S/C20H28N4O4/c1-22-10-7-15(8-11-22)23(2)20(27)21-14-5-6-16-17(13-14)19(26)24(18(16)25)9-4-12-28-3/h5-6,13,15H,4,7-12H2,1-3H3,(H,21,27). The van der Waals surface area contributed by atoms with E-state index in [1.165, 1.54) is 4.90 Å². The molecule has 0 aromatic heterocycles. The first-order valence-electron chi connectivity index (χ1n) is 9.64. The third-order valence-electron chi connectivity index (χ3n) is 5.51. The van der Waals surface area contributed by atoms with Gasteiger partial charge in [0.2, 0.25) is 0 Å². The Balaban J connectivity index is 1.65. The third-order valence-corrected chi connectivity index (χ3v) is 5.51. The van der Waals surface area contributed by atoms with Crippen molar-refractivity contribution < 1.29 is 19.1 Å². The quantitative estimate of drug-likeness (QED) is 0.594. The first-order chi connectivity index (χ1) is 13.4. The highest BCUT2D eigenvalue weighted by atomic mass is 16.5. The van der Waals surface area contributed by atoms with E-state index < -0.39 is 0 Å². The van der Waals surface area contributed by atoms with Crippen LogP contribution < -0.4 is 5.32 Å². The van der Waals surface area contributed by atoms with Crippen LogP contribution in [-0.4, -0.2) is 86.0 Å². The Morgan fingerprint density at radius 2 is 1.89 bits per heavy atom. The van der Waals surface area contributed by atoms with E-state index in [9.17, 15) is 14.4 Å². The molecule has 2 aliphatic heterocycles. The van der Waals surface area contributed by atoms with Gasteiger partial charge in [0, 0.05) is 39.0 Å². The molecule has 28 heavy (non-hydrogen) atoms. The van der Waals surface area contributed by atoms with E-state index >= 15 is 0 Å². The molecule has 0 bridgehead atoms. The molecule has 1 N–H and O–H groups in total. The lowest BCUT2D eigenvalue weighted by Gasteiger charge is -2.35. The molecule has 0 unspecified atom stereocenters. The number of imide groups is 1. The van der Waals surface area contributed by atoms with E-state index in [4.69, 9.17) is 4.74 Å². The number of benzene rings is 1. The van der Waals surface area contributed by atoms with E-state index in [1.807, 2.05) is 0 Å². The third kappa shape index (κ3) is 4.18. The number of methoxy groups -OCH3 is 1. The number of nitrogens with zero attached hydrogens (tertiary/aromatic N) is 3. The Hall–Kier alpha value is -2.45. The number of fused-ring (bicyclic) bond motifs is 1. The molecule has 1 aromatic rings. The zero-order chi connectivity index (χ0) is 20.3. The summed E-state index contributed by atoms with van der Waals surface area (Å²) in [4.78, 5) is 42.8. The smallest absolute Gasteiger partial charge is 0.321 e. The highest BCUT2D eigenvalue weighted by Gasteiger charge is 2.35. The average Bonchev–Trinajstić information content (AvgIpc) is 2.92. The van der Waals surface area contributed by atoms with Gasteiger partial charge in [-0.15, -0.1) is 0 Å². The Labute approximate surface area is 165 Å². The molecular weight excluding hydrogens is 360 g/mol. The lowest BCUT2D eigenvalue weighted by molar-refractivity contribution is 0.0638. The Morgan fingerprint density at radius 3 is 2.57 bits per heavy atom. The van der Waals surface area contributed by atoms with Gasteiger partial charge in [0.1, 0.15) is 0 Å². The summed E-state index contributed by atoms with van der Waals surface area (Å²) in [5.41, 5.74) is 1.23. The van der Waals surface area contributed by atoms with Crippen molar-refractivity contribution in [3.05, 3.63) is 29.3 Å². The van der Waals surface area contributed by atoms with Crippen LogP contribution in [0.4, 0.5) is 10.5 Å². The summed E-state index contributed by atoms with van der Waals surface area (Å²) in [5.74, 6) is -0.617. The molecule has 0 atom stereocenters. The number of piperidine rings is 1. The number of rotatable bonds is 6. The number of hydrogen-bond donors (Lipinski definition) is 1. The molecule has 0 saturated carbocycles. The van der Waals surface area contributed by atoms with Gasteiger partial charge in [-0.1, -0.05) is 0 Å². The minimum atomic E-state index is -0.323. The first-order valence-corrected chi connectivity index (χ1v) is 9.64. The minimum Gasteiger partial charge on any atom is -0.385 e. The van der Waals surface area contributed by atoms with Crippen molar-refractivity contribution in [2.24, 2.45) is 0 Å². The van der Waals surface area contributed by atoms with Gasteiger partial charge >= 0.3 is 6.03 Å². The molecule has 3 rings (SSSR count). The lowest BCUT2D eigenvalue weighted by Crippen LogP contribution is -2.46. The van der Waals surface area contributed by atoms with Gasteiger partial charge in [-0.05, 0) is 57.6 Å². The molecular formula is C20H28N4O4. The van der Waals surface area contributed by atoms with Gasteiger partial charge in [-0.3, -0.25) is 14.5 Å². The summed E-state index contributed by atoms with van der Waals surface area (Å²) in [7, 11) is 5.46. The predicted molar refractivity (Wildman–Crippen MR) is 106 cm³/mol. The van der Waals surface area contributed by atoms with E-state index in [0.29, 0.717) is 36.4 Å². The number of nitrogens with one attached hydrogen (secondary N) is 1. The fourth-order valence-electron chi connectivity index (χ4n) is 3.70. The van der Waals surface area contributed by atoms with Gasteiger partial charge in [0.15, 0.2) is 0 Å². The second-order valence-corrected chi connectivity index (χ2v) is 7.44. The average molecular weight is 388 g/mol. The van der Waals surface area contributed by atoms with Gasteiger partial charge < -0.3 is 19.9 Å². The Morgan fingerprint density at radius 1 is 1.21 bits per heavy atom. The molecule has 0 radical (unpaired) electrons. The van der Waals surface area contributed by atoms with Crippen molar-refractivity contribution in [3.8, 4) is 0 Å². The van der Waals surface area contributed by atoms with Crippen molar-refractivity contribution in [1.29, 1.82) is 0 Å².